The summed E-state index contributed by atoms with van der Waals surface area (Å²) >= 11 is 18.6. The molecule has 25 heavy (non-hydrogen) atoms. The number of benzene rings is 2. The Morgan fingerprint density at radius 1 is 0.960 bits per heavy atom. The molecule has 3 rings (SSSR count). The second-order valence-corrected chi connectivity index (χ2v) is 7.44. The molecule has 0 atom stereocenters. The number of hydrogen-bond donors (Lipinski definition) is 1. The van der Waals surface area contributed by atoms with E-state index in [1.165, 1.54) is 0 Å². The zero-order chi connectivity index (χ0) is 17.8. The van der Waals surface area contributed by atoms with Crippen molar-refractivity contribution in [2.75, 3.05) is 18.4 Å². The first kappa shape index (κ1) is 18.5. The van der Waals surface area contributed by atoms with Crippen molar-refractivity contribution in [3.05, 3.63) is 63.1 Å². The highest BCUT2D eigenvalue weighted by Crippen LogP contribution is 2.28. The minimum atomic E-state index is -0.00533. The molecule has 3 nitrogen and oxygen atoms in total. The number of carbonyl (C=O) groups is 1. The Morgan fingerprint density at radius 3 is 2.20 bits per heavy atom. The van der Waals surface area contributed by atoms with E-state index in [-0.39, 0.29) is 11.8 Å². The summed E-state index contributed by atoms with van der Waals surface area (Å²) in [5.41, 5.74) is 1.62. The van der Waals surface area contributed by atoms with E-state index in [2.05, 4.69) is 10.2 Å². The molecule has 0 radical (unpaired) electrons. The molecule has 2 aromatic carbocycles. The summed E-state index contributed by atoms with van der Waals surface area (Å²) in [6.45, 7) is 2.38. The summed E-state index contributed by atoms with van der Waals surface area (Å²) in [7, 11) is 0. The molecule has 2 aromatic rings. The third-order valence-corrected chi connectivity index (χ3v) is 5.57. The van der Waals surface area contributed by atoms with E-state index in [1.54, 1.807) is 6.07 Å². The lowest BCUT2D eigenvalue weighted by atomic mass is 9.95. The molecule has 132 valence electrons. The molecule has 0 aromatic heterocycles. The van der Waals surface area contributed by atoms with Crippen LogP contribution in [0.25, 0.3) is 0 Å². The van der Waals surface area contributed by atoms with Gasteiger partial charge in [0.25, 0.3) is 0 Å². The van der Waals surface area contributed by atoms with Crippen LogP contribution in [0.3, 0.4) is 0 Å². The van der Waals surface area contributed by atoms with Gasteiger partial charge in [0.2, 0.25) is 5.91 Å². The van der Waals surface area contributed by atoms with Gasteiger partial charge in [-0.15, -0.1) is 0 Å². The van der Waals surface area contributed by atoms with Gasteiger partial charge < -0.3 is 5.32 Å². The number of hydrogen-bond acceptors (Lipinski definition) is 2. The highest BCUT2D eigenvalue weighted by Gasteiger charge is 2.26. The van der Waals surface area contributed by atoms with Gasteiger partial charge in [-0.2, -0.15) is 0 Å². The molecule has 0 aliphatic carbocycles. The summed E-state index contributed by atoms with van der Waals surface area (Å²) in [6, 6.07) is 12.8. The molecule has 6 heteroatoms. The van der Waals surface area contributed by atoms with Crippen molar-refractivity contribution in [2.45, 2.75) is 19.4 Å². The van der Waals surface area contributed by atoms with Crippen LogP contribution in [0.4, 0.5) is 5.69 Å². The Labute approximate surface area is 162 Å². The van der Waals surface area contributed by atoms with E-state index in [0.29, 0.717) is 27.3 Å². The van der Waals surface area contributed by atoms with Crippen LogP contribution in [0.1, 0.15) is 18.4 Å². The summed E-state index contributed by atoms with van der Waals surface area (Å²) < 4.78 is 0. The predicted octanol–water partition coefficient (Wildman–Crippen LogP) is 5.50. The Hall–Kier alpha value is -1.26. The summed E-state index contributed by atoms with van der Waals surface area (Å²) in [5, 5.41) is 4.86. The second-order valence-electron chi connectivity index (χ2n) is 6.22. The number of piperidine rings is 1. The second kappa shape index (κ2) is 8.41. The van der Waals surface area contributed by atoms with Crippen LogP contribution in [-0.2, 0) is 11.3 Å². The van der Waals surface area contributed by atoms with Crippen molar-refractivity contribution >= 4 is 46.4 Å². The predicted molar refractivity (Wildman–Crippen MR) is 105 cm³/mol. The van der Waals surface area contributed by atoms with Crippen molar-refractivity contribution < 1.29 is 4.79 Å². The molecule has 0 spiro atoms. The Balaban J connectivity index is 1.55. The van der Waals surface area contributed by atoms with Gasteiger partial charge in [0, 0.05) is 28.1 Å². The smallest absolute Gasteiger partial charge is 0.227 e. The molecule has 1 aliphatic heterocycles. The Kier molecular flexibility index (Phi) is 6.24. The normalized spacial score (nSPS) is 16.0. The van der Waals surface area contributed by atoms with Crippen molar-refractivity contribution in [3.63, 3.8) is 0 Å². The minimum absolute atomic E-state index is 0.00533. The Bertz CT molecular complexity index is 738. The maximum Gasteiger partial charge on any atom is 0.227 e. The average molecular weight is 398 g/mol. The number of halogens is 3. The standard InChI is InChI=1S/C19H19Cl3N2O/c20-15-5-3-6-16(21)14(15)12-24-10-8-13(9-11-24)19(25)23-18-7-2-1-4-17(18)22/h1-7,13H,8-12H2,(H,23,25). The van der Waals surface area contributed by atoms with Gasteiger partial charge in [-0.3, -0.25) is 9.69 Å². The van der Waals surface area contributed by atoms with Crippen LogP contribution in [0.15, 0.2) is 42.5 Å². The average Bonchev–Trinajstić information content (AvgIpc) is 2.61. The summed E-state index contributed by atoms with van der Waals surface area (Å²) in [6.07, 6.45) is 1.61. The number of para-hydroxylation sites is 1. The fourth-order valence-corrected chi connectivity index (χ4v) is 3.76. The molecule has 0 bridgehead atoms. The van der Waals surface area contributed by atoms with Crippen LogP contribution in [0.5, 0.6) is 0 Å². The van der Waals surface area contributed by atoms with E-state index in [9.17, 15) is 4.79 Å². The van der Waals surface area contributed by atoms with Gasteiger partial charge in [0.1, 0.15) is 0 Å². The van der Waals surface area contributed by atoms with Crippen molar-refractivity contribution in [1.29, 1.82) is 0 Å². The van der Waals surface area contributed by atoms with Gasteiger partial charge in [-0.05, 0) is 50.2 Å². The maximum atomic E-state index is 12.5. The first-order chi connectivity index (χ1) is 12.0. The van der Waals surface area contributed by atoms with Crippen LogP contribution in [0, 0.1) is 5.92 Å². The highest BCUT2D eigenvalue weighted by atomic mass is 35.5. The van der Waals surface area contributed by atoms with Gasteiger partial charge in [-0.25, -0.2) is 0 Å². The molecule has 1 aliphatic rings. The summed E-state index contributed by atoms with van der Waals surface area (Å²) in [5.74, 6) is 0.0257. The Morgan fingerprint density at radius 2 is 1.56 bits per heavy atom. The molecule has 0 saturated carbocycles. The number of nitrogens with zero attached hydrogens (tertiary/aromatic N) is 1. The number of rotatable bonds is 4. The molecule has 1 fully saturated rings. The topological polar surface area (TPSA) is 32.3 Å². The lowest BCUT2D eigenvalue weighted by Gasteiger charge is -2.31. The van der Waals surface area contributed by atoms with E-state index >= 15 is 0 Å². The van der Waals surface area contributed by atoms with Gasteiger partial charge in [-0.1, -0.05) is 53.0 Å². The van der Waals surface area contributed by atoms with Gasteiger partial charge in [0.15, 0.2) is 0 Å². The first-order valence-corrected chi connectivity index (χ1v) is 9.38. The summed E-state index contributed by atoms with van der Waals surface area (Å²) in [4.78, 5) is 14.7. The first-order valence-electron chi connectivity index (χ1n) is 8.25. The molecule has 0 unspecified atom stereocenters. The zero-order valence-corrected chi connectivity index (χ0v) is 15.9. The molecule has 1 heterocycles. The van der Waals surface area contributed by atoms with Gasteiger partial charge >= 0.3 is 0 Å². The number of carbonyl (C=O) groups excluding carboxylic acids is 1. The molecule has 1 N–H and O–H groups in total. The number of nitrogens with one attached hydrogen (secondary N) is 1. The third-order valence-electron chi connectivity index (χ3n) is 4.53. The molecule has 1 amide bonds. The monoisotopic (exact) mass is 396 g/mol. The number of likely N-dealkylation sites (tertiary alicyclic amines) is 1. The quantitative estimate of drug-likeness (QED) is 0.739. The fourth-order valence-electron chi connectivity index (χ4n) is 3.06. The van der Waals surface area contributed by atoms with Crippen molar-refractivity contribution in [2.24, 2.45) is 5.92 Å². The SMILES string of the molecule is O=C(Nc1ccccc1Cl)C1CCN(Cc2c(Cl)cccc2Cl)CC1. The number of amides is 1. The van der Waals surface area contributed by atoms with Gasteiger partial charge in [0.05, 0.1) is 10.7 Å². The third kappa shape index (κ3) is 4.68. The molecular weight excluding hydrogens is 379 g/mol. The fraction of sp³-hybridized carbons (Fsp3) is 0.316. The van der Waals surface area contributed by atoms with Crippen LogP contribution >= 0.6 is 34.8 Å². The lowest BCUT2D eigenvalue weighted by molar-refractivity contribution is -0.121. The minimum Gasteiger partial charge on any atom is -0.325 e. The molecular formula is C19H19Cl3N2O. The van der Waals surface area contributed by atoms with Crippen LogP contribution in [-0.4, -0.2) is 23.9 Å². The van der Waals surface area contributed by atoms with Crippen LogP contribution in [0.2, 0.25) is 15.1 Å². The largest absolute Gasteiger partial charge is 0.325 e. The van der Waals surface area contributed by atoms with Crippen LogP contribution < -0.4 is 5.32 Å². The number of anilines is 1. The van der Waals surface area contributed by atoms with Crippen molar-refractivity contribution in [3.8, 4) is 0 Å². The zero-order valence-electron chi connectivity index (χ0n) is 13.6. The van der Waals surface area contributed by atoms with Crippen molar-refractivity contribution in [1.82, 2.24) is 4.90 Å². The molecule has 1 saturated heterocycles. The maximum absolute atomic E-state index is 12.5. The highest BCUT2D eigenvalue weighted by molar-refractivity contribution is 6.36. The van der Waals surface area contributed by atoms with E-state index in [1.807, 2.05) is 36.4 Å². The van der Waals surface area contributed by atoms with E-state index < -0.39 is 0 Å². The van der Waals surface area contributed by atoms with E-state index in [0.717, 1.165) is 31.5 Å². The van der Waals surface area contributed by atoms with E-state index in [4.69, 9.17) is 34.8 Å². The lowest BCUT2D eigenvalue weighted by Crippen LogP contribution is -2.37.